The number of benzene rings is 1. The van der Waals surface area contributed by atoms with Gasteiger partial charge in [0.1, 0.15) is 0 Å². The van der Waals surface area contributed by atoms with Crippen LogP contribution in [-0.4, -0.2) is 29.2 Å². The average molecular weight is 320 g/mol. The number of methoxy groups -OCH3 is 1. The summed E-state index contributed by atoms with van der Waals surface area (Å²) in [5.41, 5.74) is 0.972. The van der Waals surface area contributed by atoms with Crippen molar-refractivity contribution in [3.8, 4) is 11.5 Å². The molecule has 0 aromatic heterocycles. The Kier molecular flexibility index (Phi) is 9.07. The van der Waals surface area contributed by atoms with Crippen LogP contribution in [0.3, 0.4) is 0 Å². The Morgan fingerprint density at radius 1 is 1.30 bits per heavy atom. The normalized spacial score (nSPS) is 12.5. The molecule has 0 aliphatic heterocycles. The molecule has 0 bridgehead atoms. The van der Waals surface area contributed by atoms with Gasteiger partial charge in [0.25, 0.3) is 0 Å². The second-order valence-corrected chi connectivity index (χ2v) is 5.86. The Labute approximate surface area is 138 Å². The van der Waals surface area contributed by atoms with Crippen molar-refractivity contribution in [1.29, 1.82) is 0 Å². The summed E-state index contributed by atoms with van der Waals surface area (Å²) < 4.78 is 5.05. The van der Waals surface area contributed by atoms with Crippen LogP contribution in [0, 0.1) is 0 Å². The molecule has 0 radical (unpaired) electrons. The van der Waals surface area contributed by atoms with Crippen molar-refractivity contribution >= 4 is 5.78 Å². The molecule has 2 N–H and O–H groups in total. The highest BCUT2D eigenvalue weighted by atomic mass is 16.5. The fourth-order valence-corrected chi connectivity index (χ4v) is 2.32. The topological polar surface area (TPSA) is 66.8 Å². The van der Waals surface area contributed by atoms with Crippen molar-refractivity contribution in [2.75, 3.05) is 7.11 Å². The van der Waals surface area contributed by atoms with E-state index in [2.05, 4.69) is 0 Å². The number of aliphatic hydroxyl groups is 1. The summed E-state index contributed by atoms with van der Waals surface area (Å²) in [6, 6.07) is 5.15. The highest BCUT2D eigenvalue weighted by Crippen LogP contribution is 2.26. The molecule has 0 aliphatic rings. The molecule has 0 amide bonds. The Morgan fingerprint density at radius 3 is 2.78 bits per heavy atom. The molecule has 0 saturated carbocycles. The van der Waals surface area contributed by atoms with E-state index in [1.54, 1.807) is 24.3 Å². The first kappa shape index (κ1) is 19.2. The predicted octanol–water partition coefficient (Wildman–Crippen LogP) is 3.79. The van der Waals surface area contributed by atoms with E-state index < -0.39 is 0 Å². The molecule has 1 unspecified atom stereocenters. The number of hydrogen-bond donors (Lipinski definition) is 2. The highest BCUT2D eigenvalue weighted by molar-refractivity contribution is 5.89. The van der Waals surface area contributed by atoms with Crippen LogP contribution >= 0.6 is 0 Å². The molecule has 128 valence electrons. The standard InChI is InChI=1S/C19H28O4/c1-15(20)8-6-4-3-5-7-9-17(21)12-10-16-11-13-18(22)19(14-16)23-2/h7,9,11,13-15,20,22H,3-6,8,10,12H2,1-2H3. The maximum atomic E-state index is 11.8. The third-order valence-corrected chi connectivity index (χ3v) is 3.70. The summed E-state index contributed by atoms with van der Waals surface area (Å²) in [4.78, 5) is 11.8. The highest BCUT2D eigenvalue weighted by Gasteiger charge is 2.04. The Balaban J connectivity index is 2.22. The van der Waals surface area contributed by atoms with Crippen LogP contribution in [0.2, 0.25) is 0 Å². The van der Waals surface area contributed by atoms with Gasteiger partial charge in [0.2, 0.25) is 0 Å². The molecule has 1 atom stereocenters. The van der Waals surface area contributed by atoms with E-state index in [0.717, 1.165) is 37.7 Å². The van der Waals surface area contributed by atoms with Gasteiger partial charge in [0, 0.05) is 6.42 Å². The van der Waals surface area contributed by atoms with Crippen molar-refractivity contribution in [2.24, 2.45) is 0 Å². The van der Waals surface area contributed by atoms with Gasteiger partial charge in [-0.1, -0.05) is 25.0 Å². The van der Waals surface area contributed by atoms with E-state index in [4.69, 9.17) is 9.84 Å². The summed E-state index contributed by atoms with van der Waals surface area (Å²) in [5.74, 6) is 0.654. The van der Waals surface area contributed by atoms with Gasteiger partial charge < -0.3 is 14.9 Å². The maximum Gasteiger partial charge on any atom is 0.160 e. The zero-order valence-corrected chi connectivity index (χ0v) is 14.1. The number of aromatic hydroxyl groups is 1. The monoisotopic (exact) mass is 320 g/mol. The zero-order chi connectivity index (χ0) is 17.1. The van der Waals surface area contributed by atoms with Crippen LogP contribution in [0.5, 0.6) is 11.5 Å². The lowest BCUT2D eigenvalue weighted by atomic mass is 10.1. The van der Waals surface area contributed by atoms with Gasteiger partial charge in [-0.25, -0.2) is 0 Å². The van der Waals surface area contributed by atoms with Crippen molar-refractivity contribution in [1.82, 2.24) is 0 Å². The number of aryl methyl sites for hydroxylation is 1. The first-order chi connectivity index (χ1) is 11.0. The Morgan fingerprint density at radius 2 is 2.09 bits per heavy atom. The van der Waals surface area contributed by atoms with Crippen molar-refractivity contribution in [3.63, 3.8) is 0 Å². The van der Waals surface area contributed by atoms with E-state index in [1.807, 2.05) is 13.0 Å². The predicted molar refractivity (Wildman–Crippen MR) is 91.9 cm³/mol. The SMILES string of the molecule is COc1cc(CCC(=O)C=CCCCCCC(C)O)ccc1O. The van der Waals surface area contributed by atoms with Crippen molar-refractivity contribution in [3.05, 3.63) is 35.9 Å². The number of hydrogen-bond acceptors (Lipinski definition) is 4. The summed E-state index contributed by atoms with van der Waals surface area (Å²) in [6.45, 7) is 1.81. The lowest BCUT2D eigenvalue weighted by Crippen LogP contribution is -1.98. The van der Waals surface area contributed by atoms with Gasteiger partial charge in [-0.15, -0.1) is 0 Å². The number of ether oxygens (including phenoxy) is 1. The van der Waals surface area contributed by atoms with Gasteiger partial charge in [0.15, 0.2) is 17.3 Å². The van der Waals surface area contributed by atoms with Crippen LogP contribution in [0.1, 0.15) is 51.0 Å². The molecule has 1 aromatic rings. The first-order valence-corrected chi connectivity index (χ1v) is 8.26. The van der Waals surface area contributed by atoms with E-state index in [9.17, 15) is 9.90 Å². The number of unbranched alkanes of at least 4 members (excludes halogenated alkanes) is 3. The van der Waals surface area contributed by atoms with Gasteiger partial charge >= 0.3 is 0 Å². The van der Waals surface area contributed by atoms with E-state index in [1.165, 1.54) is 7.11 Å². The lowest BCUT2D eigenvalue weighted by Gasteiger charge is -2.05. The fourth-order valence-electron chi connectivity index (χ4n) is 2.32. The maximum absolute atomic E-state index is 11.8. The molecule has 0 aliphatic carbocycles. The third-order valence-electron chi connectivity index (χ3n) is 3.70. The fraction of sp³-hybridized carbons (Fsp3) is 0.526. The molecular formula is C19H28O4. The molecule has 0 saturated heterocycles. The van der Waals surface area contributed by atoms with Gasteiger partial charge in [-0.05, 0) is 56.4 Å². The summed E-state index contributed by atoms with van der Waals surface area (Å²) in [5, 5.41) is 18.7. The Bertz CT molecular complexity index is 506. The van der Waals surface area contributed by atoms with Crippen molar-refractivity contribution in [2.45, 2.75) is 58.0 Å². The van der Waals surface area contributed by atoms with E-state index >= 15 is 0 Å². The summed E-state index contributed by atoms with van der Waals surface area (Å²) in [7, 11) is 1.51. The van der Waals surface area contributed by atoms with Gasteiger partial charge in [-0.3, -0.25) is 4.79 Å². The zero-order valence-electron chi connectivity index (χ0n) is 14.1. The second kappa shape index (κ2) is 10.8. The molecule has 1 aromatic carbocycles. The van der Waals surface area contributed by atoms with Crippen LogP contribution < -0.4 is 4.74 Å². The lowest BCUT2D eigenvalue weighted by molar-refractivity contribution is -0.114. The number of phenolic OH excluding ortho intramolecular Hbond substituents is 1. The minimum Gasteiger partial charge on any atom is -0.504 e. The first-order valence-electron chi connectivity index (χ1n) is 8.26. The second-order valence-electron chi connectivity index (χ2n) is 5.86. The number of carbonyl (C=O) groups is 1. The number of aliphatic hydroxyl groups excluding tert-OH is 1. The van der Waals surface area contributed by atoms with E-state index in [0.29, 0.717) is 18.6 Å². The quantitative estimate of drug-likeness (QED) is 0.481. The summed E-state index contributed by atoms with van der Waals surface area (Å²) in [6.07, 6.45) is 9.36. The number of allylic oxidation sites excluding steroid dienone is 2. The molecule has 0 fully saturated rings. The number of rotatable bonds is 11. The molecule has 23 heavy (non-hydrogen) atoms. The number of carbonyl (C=O) groups excluding carboxylic acids is 1. The molecule has 0 spiro atoms. The van der Waals surface area contributed by atoms with E-state index in [-0.39, 0.29) is 17.6 Å². The molecule has 4 heteroatoms. The van der Waals surface area contributed by atoms with Crippen molar-refractivity contribution < 1.29 is 19.7 Å². The molecule has 4 nitrogen and oxygen atoms in total. The largest absolute Gasteiger partial charge is 0.504 e. The van der Waals surface area contributed by atoms with Crippen LogP contribution in [0.15, 0.2) is 30.4 Å². The Hall–Kier alpha value is -1.81. The summed E-state index contributed by atoms with van der Waals surface area (Å²) >= 11 is 0. The van der Waals surface area contributed by atoms with Crippen LogP contribution in [0.25, 0.3) is 0 Å². The third kappa shape index (κ3) is 8.41. The van der Waals surface area contributed by atoms with Crippen LogP contribution in [0.4, 0.5) is 0 Å². The smallest absolute Gasteiger partial charge is 0.160 e. The number of phenols is 1. The van der Waals surface area contributed by atoms with Crippen LogP contribution in [-0.2, 0) is 11.2 Å². The minimum atomic E-state index is -0.217. The average Bonchev–Trinajstić information content (AvgIpc) is 2.52. The molecular weight excluding hydrogens is 292 g/mol. The van der Waals surface area contributed by atoms with Gasteiger partial charge in [-0.2, -0.15) is 0 Å². The van der Waals surface area contributed by atoms with Gasteiger partial charge in [0.05, 0.1) is 13.2 Å². The minimum absolute atomic E-state index is 0.109. The molecule has 1 rings (SSSR count). The number of ketones is 1. The molecule has 0 heterocycles.